The number of benzene rings is 1. The summed E-state index contributed by atoms with van der Waals surface area (Å²) in [5.74, 6) is 3.26. The summed E-state index contributed by atoms with van der Waals surface area (Å²) in [6, 6.07) is 10.1. The summed E-state index contributed by atoms with van der Waals surface area (Å²) in [4.78, 5) is 19.7. The number of aromatic nitrogens is 5. The van der Waals surface area contributed by atoms with Crippen LogP contribution >= 0.6 is 11.3 Å². The van der Waals surface area contributed by atoms with E-state index in [1.165, 1.54) is 28.7 Å². The second-order valence-corrected chi connectivity index (χ2v) is 10.1. The van der Waals surface area contributed by atoms with Crippen molar-refractivity contribution < 1.29 is 4.74 Å². The van der Waals surface area contributed by atoms with Gasteiger partial charge in [-0.3, -0.25) is 10.00 Å². The third kappa shape index (κ3) is 4.31. The molecule has 4 aromatic rings. The van der Waals surface area contributed by atoms with Crippen molar-refractivity contribution in [1.29, 1.82) is 0 Å². The van der Waals surface area contributed by atoms with E-state index in [9.17, 15) is 0 Å². The van der Waals surface area contributed by atoms with Crippen LogP contribution in [0.2, 0.25) is 0 Å². The van der Waals surface area contributed by atoms with Gasteiger partial charge in [0.1, 0.15) is 28.3 Å². The molecule has 8 nitrogen and oxygen atoms in total. The van der Waals surface area contributed by atoms with Crippen molar-refractivity contribution in [2.45, 2.75) is 45.2 Å². The van der Waals surface area contributed by atoms with Gasteiger partial charge in [-0.25, -0.2) is 15.0 Å². The van der Waals surface area contributed by atoms with Crippen molar-refractivity contribution in [1.82, 2.24) is 30.0 Å². The van der Waals surface area contributed by atoms with E-state index in [4.69, 9.17) is 14.7 Å². The predicted molar refractivity (Wildman–Crippen MR) is 133 cm³/mol. The molecule has 1 saturated heterocycles. The summed E-state index contributed by atoms with van der Waals surface area (Å²) < 4.78 is 5.53. The summed E-state index contributed by atoms with van der Waals surface area (Å²) in [6.07, 6.45) is 4.69. The van der Waals surface area contributed by atoms with Crippen LogP contribution in [-0.2, 0) is 24.1 Å². The zero-order chi connectivity index (χ0) is 22.9. The van der Waals surface area contributed by atoms with E-state index in [0.29, 0.717) is 5.82 Å². The van der Waals surface area contributed by atoms with E-state index in [1.54, 1.807) is 0 Å². The fraction of sp³-hybridized carbons (Fsp3) is 0.440. The van der Waals surface area contributed by atoms with Gasteiger partial charge in [0, 0.05) is 18.0 Å². The van der Waals surface area contributed by atoms with Crippen LogP contribution in [0.4, 0.5) is 5.82 Å². The Balaban J connectivity index is 1.44. The largest absolute Gasteiger partial charge is 0.379 e. The highest BCUT2D eigenvalue weighted by Crippen LogP contribution is 2.40. The summed E-state index contributed by atoms with van der Waals surface area (Å²) in [6.45, 7) is 6.01. The highest BCUT2D eigenvalue weighted by Gasteiger charge is 2.26. The van der Waals surface area contributed by atoms with Gasteiger partial charge in [0.25, 0.3) is 0 Å². The van der Waals surface area contributed by atoms with Crippen LogP contribution in [0.25, 0.3) is 10.2 Å². The fourth-order valence-electron chi connectivity index (χ4n) is 4.90. The van der Waals surface area contributed by atoms with Crippen molar-refractivity contribution in [2.75, 3.05) is 31.6 Å². The van der Waals surface area contributed by atoms with Gasteiger partial charge in [0.05, 0.1) is 25.1 Å². The number of rotatable bonds is 6. The molecule has 6 rings (SSSR count). The molecule has 3 aromatic heterocycles. The van der Waals surface area contributed by atoms with Crippen molar-refractivity contribution in [3.05, 3.63) is 63.8 Å². The zero-order valence-corrected chi connectivity index (χ0v) is 20.2. The van der Waals surface area contributed by atoms with Crippen LogP contribution in [0.15, 0.2) is 30.3 Å². The topological polar surface area (TPSA) is 91.8 Å². The number of hydrogen-bond acceptors (Lipinski definition) is 8. The summed E-state index contributed by atoms with van der Waals surface area (Å²) in [5.41, 5.74) is 2.52. The van der Waals surface area contributed by atoms with Gasteiger partial charge in [-0.05, 0) is 43.7 Å². The number of hydrogen-bond donors (Lipinski definition) is 2. The van der Waals surface area contributed by atoms with E-state index >= 15 is 0 Å². The lowest BCUT2D eigenvalue weighted by molar-refractivity contribution is 0.0331. The van der Waals surface area contributed by atoms with Gasteiger partial charge in [0.15, 0.2) is 5.82 Å². The Morgan fingerprint density at radius 3 is 2.71 bits per heavy atom. The number of H-pyrrole nitrogens is 1. The molecule has 9 heteroatoms. The van der Waals surface area contributed by atoms with Crippen LogP contribution in [0.1, 0.15) is 52.4 Å². The van der Waals surface area contributed by atoms with Gasteiger partial charge < -0.3 is 10.1 Å². The lowest BCUT2D eigenvalue weighted by atomic mass is 9.96. The molecule has 0 amide bonds. The number of ether oxygens (including phenoxy) is 1. The Kier molecular flexibility index (Phi) is 5.98. The zero-order valence-electron chi connectivity index (χ0n) is 19.4. The van der Waals surface area contributed by atoms with Gasteiger partial charge in [-0.2, -0.15) is 5.10 Å². The van der Waals surface area contributed by atoms with E-state index in [0.717, 1.165) is 73.6 Å². The van der Waals surface area contributed by atoms with Crippen LogP contribution in [0.3, 0.4) is 0 Å². The first kappa shape index (κ1) is 21.6. The normalized spacial score (nSPS) is 17.6. The lowest BCUT2D eigenvalue weighted by Crippen LogP contribution is -2.36. The molecule has 2 aliphatic rings. The van der Waals surface area contributed by atoms with Crippen molar-refractivity contribution in [3.63, 3.8) is 0 Å². The van der Waals surface area contributed by atoms with Crippen LogP contribution < -0.4 is 5.32 Å². The Hall–Kier alpha value is -2.88. The average Bonchev–Trinajstić information content (AvgIpc) is 3.47. The number of fused-ring (bicyclic) bond motifs is 3. The molecule has 176 valence electrons. The Morgan fingerprint density at radius 1 is 1.09 bits per heavy atom. The van der Waals surface area contributed by atoms with E-state index in [1.807, 2.05) is 24.3 Å². The molecule has 0 bridgehead atoms. The predicted octanol–water partition coefficient (Wildman–Crippen LogP) is 4.03. The number of thiophene rings is 1. The van der Waals surface area contributed by atoms with E-state index < -0.39 is 0 Å². The van der Waals surface area contributed by atoms with Crippen LogP contribution in [0, 0.1) is 6.92 Å². The van der Waals surface area contributed by atoms with Gasteiger partial charge in [-0.1, -0.05) is 30.3 Å². The molecule has 0 radical (unpaired) electrons. The highest BCUT2D eigenvalue weighted by molar-refractivity contribution is 7.19. The fourth-order valence-corrected chi connectivity index (χ4v) is 6.18. The second-order valence-electron chi connectivity index (χ2n) is 9.04. The summed E-state index contributed by atoms with van der Waals surface area (Å²) in [7, 11) is 0. The molecule has 34 heavy (non-hydrogen) atoms. The molecule has 1 atom stereocenters. The number of nitrogens with one attached hydrogen (secondary N) is 2. The van der Waals surface area contributed by atoms with Gasteiger partial charge in [0.2, 0.25) is 0 Å². The summed E-state index contributed by atoms with van der Waals surface area (Å²) >= 11 is 1.84. The SMILES string of the molecule is Cc1nc([C@H](Nc2nc(CN3CCOCC3)nc3sc4c(c23)CCCC4)c2ccccc2)n[nH]1. The standard InChI is InChI=1S/C25H29N7OS/c1-16-26-24(31-30-16)22(17-7-3-2-4-8-17)29-23-21-18-9-5-6-10-19(18)34-25(21)28-20(27-23)15-32-11-13-33-14-12-32/h2-4,7-8,22H,5-6,9-15H2,1H3,(H,26,30,31)(H,27,28,29)/t22-/m1/s1. The second kappa shape index (κ2) is 9.40. The monoisotopic (exact) mass is 475 g/mol. The molecule has 1 aliphatic carbocycles. The minimum Gasteiger partial charge on any atom is -0.379 e. The number of morpholine rings is 1. The first-order chi connectivity index (χ1) is 16.7. The maximum absolute atomic E-state index is 5.53. The smallest absolute Gasteiger partial charge is 0.177 e. The molecule has 1 aliphatic heterocycles. The molecule has 0 unspecified atom stereocenters. The van der Waals surface area contributed by atoms with E-state index in [-0.39, 0.29) is 6.04 Å². The molecular weight excluding hydrogens is 446 g/mol. The number of aromatic amines is 1. The lowest BCUT2D eigenvalue weighted by Gasteiger charge is -2.26. The maximum atomic E-state index is 5.53. The van der Waals surface area contributed by atoms with Crippen LogP contribution in [-0.4, -0.2) is 56.4 Å². The highest BCUT2D eigenvalue weighted by atomic mass is 32.1. The average molecular weight is 476 g/mol. The molecular formula is C25H29N7OS. The van der Waals surface area contributed by atoms with Gasteiger partial charge >= 0.3 is 0 Å². The molecule has 4 heterocycles. The first-order valence-electron chi connectivity index (χ1n) is 12.1. The number of anilines is 1. The molecule has 0 saturated carbocycles. The maximum Gasteiger partial charge on any atom is 0.177 e. The quantitative estimate of drug-likeness (QED) is 0.435. The first-order valence-corrected chi connectivity index (χ1v) is 12.9. The van der Waals surface area contributed by atoms with E-state index in [2.05, 4.69) is 49.7 Å². The van der Waals surface area contributed by atoms with Gasteiger partial charge in [-0.15, -0.1) is 11.3 Å². The van der Waals surface area contributed by atoms with Crippen LogP contribution in [0.5, 0.6) is 0 Å². The molecule has 2 N–H and O–H groups in total. The number of aryl methyl sites for hydroxylation is 3. The Morgan fingerprint density at radius 2 is 1.91 bits per heavy atom. The van der Waals surface area contributed by atoms with Crippen molar-refractivity contribution in [3.8, 4) is 0 Å². The van der Waals surface area contributed by atoms with Crippen molar-refractivity contribution in [2.24, 2.45) is 0 Å². The number of nitrogens with zero attached hydrogens (tertiary/aromatic N) is 5. The Labute approximate surface area is 202 Å². The molecule has 0 spiro atoms. The third-order valence-corrected chi connectivity index (χ3v) is 7.80. The third-order valence-electron chi connectivity index (χ3n) is 6.62. The minimum atomic E-state index is -0.209. The summed E-state index contributed by atoms with van der Waals surface area (Å²) in [5, 5.41) is 12.4. The Bertz CT molecular complexity index is 1280. The molecule has 1 aromatic carbocycles. The minimum absolute atomic E-state index is 0.209. The molecule has 1 fully saturated rings. The van der Waals surface area contributed by atoms with Crippen molar-refractivity contribution >= 4 is 27.4 Å².